The molecule has 1 amide bonds. The summed E-state index contributed by atoms with van der Waals surface area (Å²) in [5.74, 6) is 0.581. The van der Waals surface area contributed by atoms with Crippen molar-refractivity contribution in [1.29, 1.82) is 0 Å². The van der Waals surface area contributed by atoms with Gasteiger partial charge in [0.05, 0.1) is 30.4 Å². The summed E-state index contributed by atoms with van der Waals surface area (Å²) in [6, 6.07) is 13.1. The summed E-state index contributed by atoms with van der Waals surface area (Å²) in [4.78, 5) is 18.8. The fourth-order valence-electron chi connectivity index (χ4n) is 3.69. The largest absolute Gasteiger partial charge is 0.493 e. The van der Waals surface area contributed by atoms with Crippen LogP contribution < -0.4 is 19.1 Å². The fourth-order valence-corrected chi connectivity index (χ4v) is 4.76. The third-order valence-corrected chi connectivity index (χ3v) is 6.65. The molecule has 3 aromatic rings. The van der Waals surface area contributed by atoms with E-state index in [4.69, 9.17) is 9.47 Å². The smallest absolute Gasteiger partial charge is 0.262 e. The third-order valence-electron chi connectivity index (χ3n) is 5.28. The Morgan fingerprint density at radius 2 is 1.88 bits per heavy atom. The minimum Gasteiger partial charge on any atom is -0.493 e. The van der Waals surface area contributed by atoms with Crippen molar-refractivity contribution in [1.82, 2.24) is 4.98 Å². The molecule has 0 atom stereocenters. The van der Waals surface area contributed by atoms with E-state index in [0.29, 0.717) is 35.0 Å². The minimum absolute atomic E-state index is 0.0381. The van der Waals surface area contributed by atoms with E-state index in [2.05, 4.69) is 9.71 Å². The van der Waals surface area contributed by atoms with Crippen LogP contribution in [-0.2, 0) is 16.4 Å². The third kappa shape index (κ3) is 4.24. The normalized spacial score (nSPS) is 13.2. The van der Waals surface area contributed by atoms with Gasteiger partial charge >= 0.3 is 0 Å². The molecule has 0 unspecified atom stereocenters. The monoisotopic (exact) mass is 453 g/mol. The molecule has 9 heteroatoms. The number of nitrogens with one attached hydrogen (secondary N) is 1. The molecule has 0 spiro atoms. The van der Waals surface area contributed by atoms with Crippen LogP contribution in [0, 0.1) is 0 Å². The minimum atomic E-state index is -3.89. The van der Waals surface area contributed by atoms with Gasteiger partial charge < -0.3 is 14.4 Å². The number of fused-ring (bicyclic) bond motifs is 1. The van der Waals surface area contributed by atoms with Gasteiger partial charge in [0.15, 0.2) is 11.5 Å². The van der Waals surface area contributed by atoms with Gasteiger partial charge in [-0.2, -0.15) is 0 Å². The standard InChI is InChI=1S/C23H23N3O5S/c1-30-21-10-9-19(14-22(21)31-2)32(28,29)25-18-8-7-16-6-4-12-26(20(16)13-18)23(27)17-5-3-11-24-15-17/h3,5,7-11,13-15,25H,4,6,12H2,1-2H3. The molecule has 2 heterocycles. The Morgan fingerprint density at radius 3 is 2.59 bits per heavy atom. The molecule has 0 radical (unpaired) electrons. The lowest BCUT2D eigenvalue weighted by molar-refractivity contribution is 0.0985. The van der Waals surface area contributed by atoms with E-state index in [0.717, 1.165) is 18.4 Å². The molecule has 0 saturated carbocycles. The number of anilines is 2. The van der Waals surface area contributed by atoms with E-state index < -0.39 is 10.0 Å². The number of ether oxygens (including phenoxy) is 2. The molecule has 0 saturated heterocycles. The summed E-state index contributed by atoms with van der Waals surface area (Å²) >= 11 is 0. The van der Waals surface area contributed by atoms with Gasteiger partial charge in [-0.15, -0.1) is 0 Å². The van der Waals surface area contributed by atoms with Gasteiger partial charge in [-0.25, -0.2) is 8.42 Å². The number of methoxy groups -OCH3 is 2. The summed E-state index contributed by atoms with van der Waals surface area (Å²) in [7, 11) is -0.961. The van der Waals surface area contributed by atoms with E-state index in [-0.39, 0.29) is 10.8 Å². The molecule has 0 bridgehead atoms. The topological polar surface area (TPSA) is 97.8 Å². The zero-order chi connectivity index (χ0) is 22.7. The van der Waals surface area contributed by atoms with E-state index in [1.807, 2.05) is 6.07 Å². The maximum atomic E-state index is 13.0. The van der Waals surface area contributed by atoms with Crippen molar-refractivity contribution in [3.05, 3.63) is 72.1 Å². The molecular formula is C23H23N3O5S. The number of carbonyl (C=O) groups is 1. The number of nitrogens with zero attached hydrogens (tertiary/aromatic N) is 2. The van der Waals surface area contributed by atoms with Crippen LogP contribution in [0.15, 0.2) is 65.8 Å². The van der Waals surface area contributed by atoms with Crippen molar-refractivity contribution in [2.45, 2.75) is 17.7 Å². The Bertz CT molecular complexity index is 1250. The average molecular weight is 454 g/mol. The Kier molecular flexibility index (Phi) is 6.00. The van der Waals surface area contributed by atoms with Crippen molar-refractivity contribution >= 4 is 27.3 Å². The molecule has 0 fully saturated rings. The average Bonchev–Trinajstić information content (AvgIpc) is 2.83. The zero-order valence-corrected chi connectivity index (χ0v) is 18.6. The highest BCUT2D eigenvalue weighted by atomic mass is 32.2. The number of pyridine rings is 1. The summed E-state index contributed by atoms with van der Waals surface area (Å²) < 4.78 is 38.9. The maximum absolute atomic E-state index is 13.0. The highest BCUT2D eigenvalue weighted by Crippen LogP contribution is 2.33. The summed E-state index contributed by atoms with van der Waals surface area (Å²) in [6.45, 7) is 0.548. The number of benzene rings is 2. The molecule has 1 aromatic heterocycles. The number of hydrogen-bond donors (Lipinski definition) is 1. The summed E-state index contributed by atoms with van der Waals surface area (Å²) in [6.07, 6.45) is 4.78. The molecule has 1 aliphatic heterocycles. The van der Waals surface area contributed by atoms with Crippen LogP contribution in [0.5, 0.6) is 11.5 Å². The predicted molar refractivity (Wildman–Crippen MR) is 121 cm³/mol. The highest BCUT2D eigenvalue weighted by molar-refractivity contribution is 7.92. The van der Waals surface area contributed by atoms with Gasteiger partial charge in [0.2, 0.25) is 0 Å². The highest BCUT2D eigenvalue weighted by Gasteiger charge is 2.25. The van der Waals surface area contributed by atoms with E-state index in [1.165, 1.54) is 38.6 Å². The predicted octanol–water partition coefficient (Wildman–Crippen LogP) is 3.49. The van der Waals surface area contributed by atoms with Gasteiger partial charge in [0.1, 0.15) is 0 Å². The number of aryl methyl sites for hydroxylation is 1. The second kappa shape index (κ2) is 8.88. The zero-order valence-electron chi connectivity index (χ0n) is 17.7. The molecule has 0 aliphatic carbocycles. The van der Waals surface area contributed by atoms with Gasteiger partial charge in [-0.1, -0.05) is 6.07 Å². The number of carbonyl (C=O) groups excluding carboxylic acids is 1. The first-order valence-corrected chi connectivity index (χ1v) is 11.5. The SMILES string of the molecule is COc1ccc(S(=O)(=O)Nc2ccc3c(c2)N(C(=O)c2cccnc2)CCC3)cc1OC. The second-order valence-electron chi connectivity index (χ2n) is 7.27. The van der Waals surface area contributed by atoms with Gasteiger partial charge in [0, 0.05) is 30.7 Å². The molecule has 2 aromatic carbocycles. The molecule has 8 nitrogen and oxygen atoms in total. The van der Waals surface area contributed by atoms with Crippen LogP contribution in [0.25, 0.3) is 0 Å². The van der Waals surface area contributed by atoms with Crippen molar-refractivity contribution in [3.8, 4) is 11.5 Å². The van der Waals surface area contributed by atoms with Crippen LogP contribution in [0.1, 0.15) is 22.3 Å². The van der Waals surface area contributed by atoms with E-state index >= 15 is 0 Å². The lowest BCUT2D eigenvalue weighted by Crippen LogP contribution is -2.35. The van der Waals surface area contributed by atoms with E-state index in [1.54, 1.807) is 35.4 Å². The van der Waals surface area contributed by atoms with Gasteiger partial charge in [0.25, 0.3) is 15.9 Å². The lowest BCUT2D eigenvalue weighted by atomic mass is 10.0. The number of amides is 1. The van der Waals surface area contributed by atoms with Crippen LogP contribution in [-0.4, -0.2) is 40.1 Å². The molecule has 1 aliphatic rings. The number of sulfonamides is 1. The Morgan fingerprint density at radius 1 is 1.06 bits per heavy atom. The van der Waals surface area contributed by atoms with Crippen LogP contribution in [0.4, 0.5) is 11.4 Å². The van der Waals surface area contributed by atoms with Gasteiger partial charge in [-0.3, -0.25) is 14.5 Å². The van der Waals surface area contributed by atoms with Crippen molar-refractivity contribution in [3.63, 3.8) is 0 Å². The second-order valence-corrected chi connectivity index (χ2v) is 8.95. The molecule has 4 rings (SSSR count). The van der Waals surface area contributed by atoms with E-state index in [9.17, 15) is 13.2 Å². The Labute approximate surface area is 186 Å². The summed E-state index contributed by atoms with van der Waals surface area (Å²) in [5.41, 5.74) is 2.53. The van der Waals surface area contributed by atoms with Crippen molar-refractivity contribution in [2.75, 3.05) is 30.4 Å². The van der Waals surface area contributed by atoms with Gasteiger partial charge in [-0.05, 0) is 54.8 Å². The molecule has 1 N–H and O–H groups in total. The first-order chi connectivity index (χ1) is 15.4. The summed E-state index contributed by atoms with van der Waals surface area (Å²) in [5, 5.41) is 0. The fraction of sp³-hybridized carbons (Fsp3) is 0.217. The first kappa shape index (κ1) is 21.6. The Balaban J connectivity index is 1.64. The number of aromatic nitrogens is 1. The number of rotatable bonds is 6. The van der Waals surface area contributed by atoms with Crippen molar-refractivity contribution in [2.24, 2.45) is 0 Å². The maximum Gasteiger partial charge on any atom is 0.262 e. The molecule has 166 valence electrons. The van der Waals surface area contributed by atoms with Crippen LogP contribution in [0.2, 0.25) is 0 Å². The lowest BCUT2D eigenvalue weighted by Gasteiger charge is -2.30. The number of hydrogen-bond acceptors (Lipinski definition) is 6. The van der Waals surface area contributed by atoms with Crippen LogP contribution >= 0.6 is 0 Å². The van der Waals surface area contributed by atoms with Crippen molar-refractivity contribution < 1.29 is 22.7 Å². The van der Waals surface area contributed by atoms with Crippen LogP contribution in [0.3, 0.4) is 0 Å². The molecule has 32 heavy (non-hydrogen) atoms. The first-order valence-electron chi connectivity index (χ1n) is 10.0. The quantitative estimate of drug-likeness (QED) is 0.614. The Hall–Kier alpha value is -3.59. The molecular weight excluding hydrogens is 430 g/mol.